The van der Waals surface area contributed by atoms with Crippen LogP contribution < -0.4 is 16.0 Å². The molecule has 0 fully saturated rings. The molecule has 2 amide bonds. The molecule has 3 aromatic rings. The highest BCUT2D eigenvalue weighted by atomic mass is 35.5. The lowest BCUT2D eigenvalue weighted by Gasteiger charge is -2.10. The molecule has 0 radical (unpaired) electrons. The molecule has 2 aromatic carbocycles. The number of benzene rings is 2. The number of amides is 2. The van der Waals surface area contributed by atoms with Crippen LogP contribution in [0.2, 0.25) is 5.02 Å². The highest BCUT2D eigenvalue weighted by Gasteiger charge is 2.10. The lowest BCUT2D eigenvalue weighted by atomic mass is 10.2. The van der Waals surface area contributed by atoms with E-state index in [9.17, 15) is 9.59 Å². The molecular weight excluding hydrogens is 386 g/mol. The van der Waals surface area contributed by atoms with Crippen LogP contribution in [0.5, 0.6) is 0 Å². The van der Waals surface area contributed by atoms with E-state index < -0.39 is 0 Å². The Balaban J connectivity index is 1.54. The largest absolute Gasteiger partial charge is 0.459 e. The van der Waals surface area contributed by atoms with Crippen LogP contribution in [0.15, 0.2) is 71.3 Å². The minimum Gasteiger partial charge on any atom is -0.459 e. The number of carbonyl (C=O) groups is 2. The molecule has 1 aromatic heterocycles. The minimum atomic E-state index is -0.341. The molecule has 0 saturated carbocycles. The standard InChI is InChI=1S/C19H14ClN3O3S/c20-13-5-3-12(4-6-13)17(24)23-19(27)22-15-9-7-14(8-10-15)21-18(25)16-2-1-11-26-16/h1-11H,(H,21,25)(H2,22,23,24,27). The fourth-order valence-corrected chi connectivity index (χ4v) is 2.51. The summed E-state index contributed by atoms with van der Waals surface area (Å²) in [5, 5.41) is 8.90. The molecule has 0 aliphatic carbocycles. The summed E-state index contributed by atoms with van der Waals surface area (Å²) < 4.78 is 5.03. The lowest BCUT2D eigenvalue weighted by molar-refractivity contribution is 0.0975. The summed E-state index contributed by atoms with van der Waals surface area (Å²) in [5.41, 5.74) is 1.70. The van der Waals surface area contributed by atoms with E-state index >= 15 is 0 Å². The van der Waals surface area contributed by atoms with Gasteiger partial charge < -0.3 is 15.1 Å². The second-order valence-corrected chi connectivity index (χ2v) is 6.27. The zero-order valence-corrected chi connectivity index (χ0v) is 15.4. The first-order valence-electron chi connectivity index (χ1n) is 7.84. The van der Waals surface area contributed by atoms with Crippen LogP contribution in [0.25, 0.3) is 0 Å². The molecule has 6 nitrogen and oxygen atoms in total. The summed E-state index contributed by atoms with van der Waals surface area (Å²) in [6.45, 7) is 0. The van der Waals surface area contributed by atoms with E-state index in [1.54, 1.807) is 60.7 Å². The molecule has 3 rings (SSSR count). The van der Waals surface area contributed by atoms with Crippen molar-refractivity contribution < 1.29 is 14.0 Å². The van der Waals surface area contributed by atoms with Gasteiger partial charge in [-0.1, -0.05) is 11.6 Å². The first-order chi connectivity index (χ1) is 13.0. The molecule has 0 spiro atoms. The van der Waals surface area contributed by atoms with Gasteiger partial charge in [-0.05, 0) is 72.9 Å². The van der Waals surface area contributed by atoms with Crippen molar-refractivity contribution in [2.24, 2.45) is 0 Å². The Morgan fingerprint density at radius 3 is 2.07 bits per heavy atom. The van der Waals surface area contributed by atoms with Gasteiger partial charge in [0.2, 0.25) is 0 Å². The average Bonchev–Trinajstić information content (AvgIpc) is 3.18. The number of hydrogen-bond donors (Lipinski definition) is 3. The van der Waals surface area contributed by atoms with Crippen molar-refractivity contribution >= 4 is 52.1 Å². The van der Waals surface area contributed by atoms with Gasteiger partial charge in [-0.3, -0.25) is 14.9 Å². The van der Waals surface area contributed by atoms with Crippen molar-refractivity contribution in [2.75, 3.05) is 10.6 Å². The second kappa shape index (κ2) is 8.48. The predicted molar refractivity (Wildman–Crippen MR) is 108 cm³/mol. The van der Waals surface area contributed by atoms with E-state index in [4.69, 9.17) is 28.2 Å². The van der Waals surface area contributed by atoms with Gasteiger partial charge in [0.15, 0.2) is 10.9 Å². The van der Waals surface area contributed by atoms with Crippen molar-refractivity contribution in [2.45, 2.75) is 0 Å². The number of anilines is 2. The fourth-order valence-electron chi connectivity index (χ4n) is 2.18. The third-order valence-electron chi connectivity index (χ3n) is 3.48. The number of furan rings is 1. The van der Waals surface area contributed by atoms with E-state index in [1.165, 1.54) is 6.26 Å². The first-order valence-corrected chi connectivity index (χ1v) is 8.63. The smallest absolute Gasteiger partial charge is 0.291 e. The summed E-state index contributed by atoms with van der Waals surface area (Å²) in [7, 11) is 0. The maximum atomic E-state index is 12.1. The molecule has 27 heavy (non-hydrogen) atoms. The third-order valence-corrected chi connectivity index (χ3v) is 3.94. The zero-order valence-electron chi connectivity index (χ0n) is 13.9. The number of halogens is 1. The van der Waals surface area contributed by atoms with E-state index in [2.05, 4.69) is 16.0 Å². The van der Waals surface area contributed by atoms with Gasteiger partial charge >= 0.3 is 0 Å². The normalized spacial score (nSPS) is 10.1. The van der Waals surface area contributed by atoms with Crippen LogP contribution in [0.3, 0.4) is 0 Å². The highest BCUT2D eigenvalue weighted by molar-refractivity contribution is 7.80. The van der Waals surface area contributed by atoms with Gasteiger partial charge in [-0.2, -0.15) is 0 Å². The van der Waals surface area contributed by atoms with Crippen LogP contribution in [-0.4, -0.2) is 16.9 Å². The molecule has 0 unspecified atom stereocenters. The Morgan fingerprint density at radius 2 is 1.48 bits per heavy atom. The molecule has 0 saturated heterocycles. The number of hydrogen-bond acceptors (Lipinski definition) is 4. The fraction of sp³-hybridized carbons (Fsp3) is 0. The van der Waals surface area contributed by atoms with Crippen LogP contribution in [0, 0.1) is 0 Å². The summed E-state index contributed by atoms with van der Waals surface area (Å²) in [6.07, 6.45) is 1.43. The minimum absolute atomic E-state index is 0.155. The van der Waals surface area contributed by atoms with E-state index in [1.807, 2.05) is 0 Å². The summed E-state index contributed by atoms with van der Waals surface area (Å²) in [5.74, 6) is -0.457. The topological polar surface area (TPSA) is 83.4 Å². The summed E-state index contributed by atoms with van der Waals surface area (Å²) in [6, 6.07) is 16.5. The Hall–Kier alpha value is -3.16. The maximum Gasteiger partial charge on any atom is 0.291 e. The molecular formula is C19H14ClN3O3S. The number of carbonyl (C=O) groups excluding carboxylic acids is 2. The van der Waals surface area contributed by atoms with Gasteiger partial charge in [-0.15, -0.1) is 0 Å². The Labute approximate surface area is 165 Å². The van der Waals surface area contributed by atoms with Crippen molar-refractivity contribution in [1.29, 1.82) is 0 Å². The van der Waals surface area contributed by atoms with Gasteiger partial charge in [0.25, 0.3) is 11.8 Å². The maximum absolute atomic E-state index is 12.1. The number of thiocarbonyl (C=S) groups is 1. The molecule has 1 heterocycles. The van der Waals surface area contributed by atoms with Crippen LogP contribution in [-0.2, 0) is 0 Å². The molecule has 8 heteroatoms. The van der Waals surface area contributed by atoms with Gasteiger partial charge in [0.05, 0.1) is 6.26 Å². The average molecular weight is 400 g/mol. The van der Waals surface area contributed by atoms with Crippen LogP contribution >= 0.6 is 23.8 Å². The molecule has 0 atom stereocenters. The Morgan fingerprint density at radius 1 is 0.852 bits per heavy atom. The Bertz CT molecular complexity index is 955. The zero-order chi connectivity index (χ0) is 19.2. The van der Waals surface area contributed by atoms with Crippen molar-refractivity contribution in [3.63, 3.8) is 0 Å². The lowest BCUT2D eigenvalue weighted by Crippen LogP contribution is -2.34. The third kappa shape index (κ3) is 5.16. The van der Waals surface area contributed by atoms with Gasteiger partial charge in [-0.25, -0.2) is 0 Å². The predicted octanol–water partition coefficient (Wildman–Crippen LogP) is 4.31. The number of rotatable bonds is 4. The molecule has 0 bridgehead atoms. The first kappa shape index (κ1) is 18.6. The van der Waals surface area contributed by atoms with E-state index in [-0.39, 0.29) is 22.7 Å². The monoisotopic (exact) mass is 399 g/mol. The quantitative estimate of drug-likeness (QED) is 0.569. The molecule has 0 aliphatic rings. The molecule has 0 aliphatic heterocycles. The summed E-state index contributed by atoms with van der Waals surface area (Å²) in [4.78, 5) is 24.0. The molecule has 136 valence electrons. The van der Waals surface area contributed by atoms with E-state index in [0.717, 1.165) is 0 Å². The second-order valence-electron chi connectivity index (χ2n) is 5.42. The van der Waals surface area contributed by atoms with Crippen LogP contribution in [0.1, 0.15) is 20.9 Å². The van der Waals surface area contributed by atoms with E-state index in [0.29, 0.717) is 22.0 Å². The SMILES string of the molecule is O=C(NC(=S)Nc1ccc(NC(=O)c2ccco2)cc1)c1ccc(Cl)cc1. The number of nitrogens with one attached hydrogen (secondary N) is 3. The highest BCUT2D eigenvalue weighted by Crippen LogP contribution is 2.15. The van der Waals surface area contributed by atoms with Crippen LogP contribution in [0.4, 0.5) is 11.4 Å². The van der Waals surface area contributed by atoms with Gasteiger partial charge in [0.1, 0.15) is 0 Å². The van der Waals surface area contributed by atoms with Gasteiger partial charge in [0, 0.05) is 22.0 Å². The molecule has 3 N–H and O–H groups in total. The summed E-state index contributed by atoms with van der Waals surface area (Å²) >= 11 is 10.9. The van der Waals surface area contributed by atoms with Crippen molar-refractivity contribution in [3.8, 4) is 0 Å². The van der Waals surface area contributed by atoms with Crippen molar-refractivity contribution in [1.82, 2.24) is 5.32 Å². The van der Waals surface area contributed by atoms with Crippen molar-refractivity contribution in [3.05, 3.63) is 83.3 Å². The Kier molecular flexibility index (Phi) is 5.85.